The van der Waals surface area contributed by atoms with Gasteiger partial charge < -0.3 is 45.1 Å². The fourth-order valence-electron chi connectivity index (χ4n) is 8.42. The second kappa shape index (κ2) is 47.0. The van der Waals surface area contributed by atoms with Gasteiger partial charge in [-0.05, 0) is 83.5 Å². The first-order valence-corrected chi connectivity index (χ1v) is 27.9. The van der Waals surface area contributed by atoms with E-state index in [0.29, 0.717) is 19.4 Å². The zero-order valence-electron chi connectivity index (χ0n) is 43.3. The van der Waals surface area contributed by atoms with Crippen LogP contribution >= 0.6 is 0 Å². The molecule has 7 unspecified atom stereocenters. The Morgan fingerprint density at radius 1 is 0.544 bits per heavy atom. The summed E-state index contributed by atoms with van der Waals surface area (Å²) in [6.07, 6.45) is 47.7. The summed E-state index contributed by atoms with van der Waals surface area (Å²) in [4.78, 5) is 25.0. The number of esters is 1. The predicted molar refractivity (Wildman–Crippen MR) is 278 cm³/mol. The molecule has 1 saturated heterocycles. The number of hydrogen-bond acceptors (Lipinski definition) is 10. The van der Waals surface area contributed by atoms with Gasteiger partial charge >= 0.3 is 5.97 Å². The van der Waals surface area contributed by atoms with Crippen LogP contribution in [0.3, 0.4) is 0 Å². The van der Waals surface area contributed by atoms with Gasteiger partial charge in [-0.15, -0.1) is 0 Å². The van der Waals surface area contributed by atoms with Crippen LogP contribution < -0.4 is 5.32 Å². The standard InChI is InChI=1S/C57H103NO10/c1-3-5-7-9-11-13-15-24-27-31-35-39-43-50(60)49(48-67-57-56(65)55(64)54(63)51(47-59)68-57)58-52(61)44-40-36-32-28-25-21-19-17-16-18-20-22-26-30-34-38-42-46-66-53(62)45-41-37-33-29-23-14-12-10-8-6-4-2/h16,18,22,24,26-27,39,43,49-51,54-57,59-60,63-65H,3-15,17,19-21,23,25,28-38,40-42,44-48H2,1-2H3,(H,58,61)/b18-16-,26-22-,27-24+,43-39+. The van der Waals surface area contributed by atoms with E-state index in [-0.39, 0.29) is 18.5 Å². The summed E-state index contributed by atoms with van der Waals surface area (Å²) in [6.45, 7) is 4.24. The molecule has 1 amide bonds. The summed E-state index contributed by atoms with van der Waals surface area (Å²) in [5.74, 6) is -0.244. The lowest BCUT2D eigenvalue weighted by atomic mass is 9.99. The van der Waals surface area contributed by atoms with Crippen LogP contribution in [0.4, 0.5) is 0 Å². The molecule has 1 aliphatic rings. The second-order valence-electron chi connectivity index (χ2n) is 19.3. The highest BCUT2D eigenvalue weighted by molar-refractivity contribution is 5.76. The minimum absolute atomic E-state index is 0.0341. The molecular weight excluding hydrogens is 859 g/mol. The minimum atomic E-state index is -1.58. The quantitative estimate of drug-likeness (QED) is 0.0196. The van der Waals surface area contributed by atoms with Crippen molar-refractivity contribution in [2.75, 3.05) is 19.8 Å². The van der Waals surface area contributed by atoms with E-state index in [1.54, 1.807) is 6.08 Å². The number of rotatable bonds is 47. The highest BCUT2D eigenvalue weighted by atomic mass is 16.7. The monoisotopic (exact) mass is 962 g/mol. The van der Waals surface area contributed by atoms with Gasteiger partial charge in [0.25, 0.3) is 0 Å². The van der Waals surface area contributed by atoms with Crippen molar-refractivity contribution in [1.82, 2.24) is 5.32 Å². The molecular formula is C57H103NO10. The molecule has 1 rings (SSSR count). The van der Waals surface area contributed by atoms with Crippen molar-refractivity contribution in [2.45, 2.75) is 281 Å². The van der Waals surface area contributed by atoms with Crippen molar-refractivity contribution in [1.29, 1.82) is 0 Å². The maximum atomic E-state index is 13.0. The Kier molecular flexibility index (Phi) is 44.0. The maximum Gasteiger partial charge on any atom is 0.305 e. The van der Waals surface area contributed by atoms with Crippen molar-refractivity contribution in [3.63, 3.8) is 0 Å². The lowest BCUT2D eigenvalue weighted by Gasteiger charge is -2.40. The molecule has 0 aromatic heterocycles. The number of hydrogen-bond donors (Lipinski definition) is 6. The predicted octanol–water partition coefficient (Wildman–Crippen LogP) is 12.1. The summed E-state index contributed by atoms with van der Waals surface area (Å²) in [6, 6.07) is -0.839. The van der Waals surface area contributed by atoms with Gasteiger partial charge in [0.1, 0.15) is 24.4 Å². The number of nitrogens with one attached hydrogen (secondary N) is 1. The summed E-state index contributed by atoms with van der Waals surface area (Å²) in [5, 5.41) is 54.2. The Bertz CT molecular complexity index is 1270. The molecule has 68 heavy (non-hydrogen) atoms. The Balaban J connectivity index is 2.17. The molecule has 11 nitrogen and oxygen atoms in total. The lowest BCUT2D eigenvalue weighted by molar-refractivity contribution is -0.302. The molecule has 0 spiro atoms. The fourth-order valence-corrected chi connectivity index (χ4v) is 8.42. The smallest absolute Gasteiger partial charge is 0.305 e. The molecule has 0 aliphatic carbocycles. The van der Waals surface area contributed by atoms with Gasteiger partial charge in [-0.3, -0.25) is 9.59 Å². The van der Waals surface area contributed by atoms with Crippen molar-refractivity contribution >= 4 is 11.9 Å². The number of ether oxygens (including phenoxy) is 3. The second-order valence-corrected chi connectivity index (χ2v) is 19.3. The Morgan fingerprint density at radius 3 is 1.54 bits per heavy atom. The lowest BCUT2D eigenvalue weighted by Crippen LogP contribution is -2.60. The van der Waals surface area contributed by atoms with E-state index in [2.05, 4.69) is 55.6 Å². The topological polar surface area (TPSA) is 175 Å². The van der Waals surface area contributed by atoms with E-state index >= 15 is 0 Å². The zero-order valence-corrected chi connectivity index (χ0v) is 43.3. The molecule has 0 bridgehead atoms. The number of aliphatic hydroxyl groups is 5. The van der Waals surface area contributed by atoms with E-state index in [1.807, 2.05) is 6.08 Å². The normalized spacial score (nSPS) is 19.8. The van der Waals surface area contributed by atoms with E-state index < -0.39 is 49.5 Å². The van der Waals surface area contributed by atoms with Crippen molar-refractivity contribution in [3.8, 4) is 0 Å². The van der Waals surface area contributed by atoms with Gasteiger partial charge in [-0.1, -0.05) is 191 Å². The Morgan fingerprint density at radius 2 is 1.00 bits per heavy atom. The highest BCUT2D eigenvalue weighted by Crippen LogP contribution is 2.23. The largest absolute Gasteiger partial charge is 0.466 e. The average molecular weight is 962 g/mol. The van der Waals surface area contributed by atoms with Crippen LogP contribution in [-0.2, 0) is 23.8 Å². The molecule has 11 heteroatoms. The van der Waals surface area contributed by atoms with Gasteiger partial charge in [0.05, 0.1) is 32.0 Å². The first-order chi connectivity index (χ1) is 33.2. The molecule has 0 saturated carbocycles. The van der Waals surface area contributed by atoms with Gasteiger partial charge in [-0.25, -0.2) is 0 Å². The fraction of sp³-hybridized carbons (Fsp3) is 0.825. The van der Waals surface area contributed by atoms with Crippen LogP contribution in [0.1, 0.15) is 239 Å². The molecule has 1 aliphatic heterocycles. The Hall–Kier alpha value is -2.38. The van der Waals surface area contributed by atoms with Crippen LogP contribution in [0.25, 0.3) is 0 Å². The van der Waals surface area contributed by atoms with E-state index in [9.17, 15) is 35.1 Å². The molecule has 0 aromatic carbocycles. The van der Waals surface area contributed by atoms with Gasteiger partial charge in [-0.2, -0.15) is 0 Å². The highest BCUT2D eigenvalue weighted by Gasteiger charge is 2.44. The Labute approximate surface area is 415 Å². The SMILES string of the molecule is CCCCCCCC/C=C/CC/C=C/C(O)C(COC1OC(CO)C(O)C(O)C1O)NC(=O)CCCCCCCCC/C=C\C/C=C\CCCCCOC(=O)CCCCCCCCCCCCC. The summed E-state index contributed by atoms with van der Waals surface area (Å²) >= 11 is 0. The van der Waals surface area contributed by atoms with Crippen molar-refractivity contribution in [3.05, 3.63) is 48.6 Å². The number of aliphatic hydroxyl groups excluding tert-OH is 5. The van der Waals surface area contributed by atoms with Crippen LogP contribution in [-0.4, -0.2) is 100 Å². The van der Waals surface area contributed by atoms with Crippen molar-refractivity contribution < 1.29 is 49.3 Å². The van der Waals surface area contributed by atoms with Crippen LogP contribution in [0.5, 0.6) is 0 Å². The van der Waals surface area contributed by atoms with E-state index in [1.165, 1.54) is 116 Å². The number of allylic oxidation sites excluding steroid dienone is 7. The minimum Gasteiger partial charge on any atom is -0.466 e. The van der Waals surface area contributed by atoms with Crippen molar-refractivity contribution in [2.24, 2.45) is 0 Å². The molecule has 0 aromatic rings. The van der Waals surface area contributed by atoms with Crippen LogP contribution in [0.15, 0.2) is 48.6 Å². The first kappa shape index (κ1) is 63.6. The van der Waals surface area contributed by atoms with Gasteiger partial charge in [0.15, 0.2) is 6.29 Å². The average Bonchev–Trinajstić information content (AvgIpc) is 3.33. The summed E-state index contributed by atoms with van der Waals surface area (Å²) in [7, 11) is 0. The number of amides is 1. The number of carbonyl (C=O) groups is 2. The maximum absolute atomic E-state index is 13.0. The molecule has 1 fully saturated rings. The third-order valence-electron chi connectivity index (χ3n) is 12.9. The molecule has 6 N–H and O–H groups in total. The zero-order chi connectivity index (χ0) is 49.6. The van der Waals surface area contributed by atoms with E-state index in [0.717, 1.165) is 96.3 Å². The van der Waals surface area contributed by atoms with Crippen LogP contribution in [0, 0.1) is 0 Å². The van der Waals surface area contributed by atoms with Gasteiger partial charge in [0, 0.05) is 12.8 Å². The first-order valence-electron chi connectivity index (χ1n) is 27.9. The number of unbranched alkanes of at least 4 members (excludes halogenated alkanes) is 27. The molecule has 396 valence electrons. The summed E-state index contributed by atoms with van der Waals surface area (Å²) < 4.78 is 16.6. The van der Waals surface area contributed by atoms with Gasteiger partial charge in [0.2, 0.25) is 5.91 Å². The van der Waals surface area contributed by atoms with Crippen LogP contribution in [0.2, 0.25) is 0 Å². The molecule has 0 radical (unpaired) electrons. The van der Waals surface area contributed by atoms with E-state index in [4.69, 9.17) is 14.2 Å². The third kappa shape index (κ3) is 36.5. The number of carbonyl (C=O) groups excluding carboxylic acids is 2. The summed E-state index contributed by atoms with van der Waals surface area (Å²) in [5.41, 5.74) is 0. The molecule has 7 atom stereocenters. The third-order valence-corrected chi connectivity index (χ3v) is 12.9. The molecule has 1 heterocycles.